The van der Waals surface area contributed by atoms with E-state index in [1.54, 1.807) is 0 Å². The fourth-order valence-electron chi connectivity index (χ4n) is 4.92. The number of carbonyl (C=O) groups excluding carboxylic acids is 3. The van der Waals surface area contributed by atoms with E-state index in [0.717, 1.165) is 7.11 Å². The normalized spacial score (nSPS) is 30.1. The fourth-order valence-corrected chi connectivity index (χ4v) is 5.86. The van der Waals surface area contributed by atoms with Crippen molar-refractivity contribution in [1.29, 1.82) is 0 Å². The molecule has 16 nitrogen and oxygen atoms in total. The summed E-state index contributed by atoms with van der Waals surface area (Å²) >= 11 is 5.39. The number of esters is 3. The minimum absolute atomic E-state index is 0.109. The molecule has 1 aliphatic heterocycles. The molecule has 2 aliphatic rings. The first-order chi connectivity index (χ1) is 20.3. The second kappa shape index (κ2) is 18.1. The number of phosphoric ester groups is 1. The summed E-state index contributed by atoms with van der Waals surface area (Å²) in [5.74, 6) is -2.20. The van der Waals surface area contributed by atoms with Crippen molar-refractivity contribution in [3.63, 3.8) is 0 Å². The number of hydrogen-bond donors (Lipinski definition) is 4. The van der Waals surface area contributed by atoms with Crippen LogP contribution in [-0.2, 0) is 56.4 Å². The minimum Gasteiger partial charge on any atom is -0.463 e. The Morgan fingerprint density at radius 3 is 2.28 bits per heavy atom. The Morgan fingerprint density at radius 2 is 1.70 bits per heavy atom. The van der Waals surface area contributed by atoms with Gasteiger partial charge in [0.25, 0.3) is 0 Å². The number of aliphatic hydroxyl groups is 1. The number of phosphoric acid groups is 1. The summed E-state index contributed by atoms with van der Waals surface area (Å²) in [6, 6.07) is -0.392. The zero-order valence-corrected chi connectivity index (χ0v) is 26.6. The van der Waals surface area contributed by atoms with Crippen LogP contribution in [-0.4, -0.2) is 116 Å². The monoisotopic (exact) mass is 658 g/mol. The maximum Gasteiger partial charge on any atom is 0.472 e. The maximum absolute atomic E-state index is 11.9. The molecule has 1 aliphatic carbocycles. The Labute approximate surface area is 255 Å². The van der Waals surface area contributed by atoms with Crippen LogP contribution < -0.4 is 10.6 Å². The number of hydrogen-bond acceptors (Lipinski definition) is 14. The molecule has 0 aromatic carbocycles. The molecular weight excluding hydrogens is 615 g/mol. The van der Waals surface area contributed by atoms with E-state index in [9.17, 15) is 28.9 Å². The molecule has 0 spiro atoms. The molecule has 4 N–H and O–H groups in total. The van der Waals surface area contributed by atoms with Gasteiger partial charge in [-0.3, -0.25) is 23.4 Å². The summed E-state index contributed by atoms with van der Waals surface area (Å²) in [6.07, 6.45) is -3.34. The van der Waals surface area contributed by atoms with E-state index >= 15 is 0 Å². The van der Waals surface area contributed by atoms with Gasteiger partial charge in [-0.05, 0) is 31.5 Å². The van der Waals surface area contributed by atoms with E-state index in [1.165, 1.54) is 27.9 Å². The SMILES string of the molecule is COC1C(NC(=S)NCCCCOC2CC(OC(C)=O)C(OC(C)=O)C(COC(C)=O)O2)CC(CO)C1OP(=O)(O)OC. The van der Waals surface area contributed by atoms with Crippen LogP contribution >= 0.6 is 20.0 Å². The van der Waals surface area contributed by atoms with E-state index in [-0.39, 0.29) is 26.2 Å². The van der Waals surface area contributed by atoms with Gasteiger partial charge in [-0.1, -0.05) is 0 Å². The van der Waals surface area contributed by atoms with Crippen molar-refractivity contribution in [3.8, 4) is 0 Å². The third kappa shape index (κ3) is 12.5. The van der Waals surface area contributed by atoms with E-state index in [0.29, 0.717) is 30.9 Å². The standard InChI is InChI=1S/C25H43N2O14PS/c1-14(29)37-13-20-24(39-16(3)31)19(38-15(2)30)11-21(40-20)36-9-7-6-8-26-25(43)27-18-10-17(12-28)22(23(18)34-4)41-42(32,33)35-5/h17-24,28H,6-13H2,1-5H3,(H,32,33)(H2,26,27,43). The van der Waals surface area contributed by atoms with E-state index in [2.05, 4.69) is 15.2 Å². The van der Waals surface area contributed by atoms with Crippen LogP contribution in [0.1, 0.15) is 46.5 Å². The summed E-state index contributed by atoms with van der Waals surface area (Å²) in [7, 11) is -1.82. The first-order valence-electron chi connectivity index (χ1n) is 13.8. The molecule has 9 unspecified atom stereocenters. The zero-order valence-electron chi connectivity index (χ0n) is 24.9. The number of nitrogens with one attached hydrogen (secondary N) is 2. The average molecular weight is 659 g/mol. The highest BCUT2D eigenvalue weighted by atomic mass is 32.1. The fraction of sp³-hybridized carbons (Fsp3) is 0.840. The molecule has 1 saturated carbocycles. The van der Waals surface area contributed by atoms with Crippen molar-refractivity contribution in [2.24, 2.45) is 5.92 Å². The van der Waals surface area contributed by atoms with Crippen molar-refractivity contribution in [2.75, 3.05) is 40.6 Å². The predicted octanol–water partition coefficient (Wildman–Crippen LogP) is 0.317. The van der Waals surface area contributed by atoms with Gasteiger partial charge in [0.15, 0.2) is 17.5 Å². The largest absolute Gasteiger partial charge is 0.472 e. The number of ether oxygens (including phenoxy) is 6. The van der Waals surface area contributed by atoms with Gasteiger partial charge in [0.1, 0.15) is 31.0 Å². The Bertz CT molecular complexity index is 990. The molecule has 2 fully saturated rings. The summed E-state index contributed by atoms with van der Waals surface area (Å²) in [5.41, 5.74) is 0. The van der Waals surface area contributed by atoms with E-state index < -0.39 is 74.5 Å². The molecule has 0 amide bonds. The van der Waals surface area contributed by atoms with E-state index in [4.69, 9.17) is 45.2 Å². The topological polar surface area (TPSA) is 207 Å². The first kappa shape index (κ1) is 37.2. The predicted molar refractivity (Wildman–Crippen MR) is 151 cm³/mol. The number of aliphatic hydroxyl groups excluding tert-OH is 1. The van der Waals surface area contributed by atoms with Gasteiger partial charge in [-0.25, -0.2) is 4.57 Å². The number of rotatable bonds is 16. The Balaban J connectivity index is 1.81. The molecule has 1 saturated heterocycles. The molecule has 18 heteroatoms. The summed E-state index contributed by atoms with van der Waals surface area (Å²) in [4.78, 5) is 44.4. The summed E-state index contributed by atoms with van der Waals surface area (Å²) < 4.78 is 54.6. The average Bonchev–Trinajstić information content (AvgIpc) is 3.24. The van der Waals surface area contributed by atoms with Crippen molar-refractivity contribution < 1.29 is 66.4 Å². The van der Waals surface area contributed by atoms with Gasteiger partial charge in [-0.2, -0.15) is 0 Å². The van der Waals surface area contributed by atoms with Crippen molar-refractivity contribution in [1.82, 2.24) is 10.6 Å². The Kier molecular flexibility index (Phi) is 15.7. The molecular formula is C25H43N2O14PS. The highest BCUT2D eigenvalue weighted by Gasteiger charge is 2.48. The second-order valence-electron chi connectivity index (χ2n) is 10.0. The third-order valence-electron chi connectivity index (χ3n) is 6.77. The van der Waals surface area contributed by atoms with Crippen LogP contribution in [0.15, 0.2) is 0 Å². The molecule has 0 radical (unpaired) electrons. The highest BCUT2D eigenvalue weighted by Crippen LogP contribution is 2.48. The van der Waals surface area contributed by atoms with Gasteiger partial charge in [0, 0.05) is 67.1 Å². The second-order valence-corrected chi connectivity index (χ2v) is 12.0. The number of carbonyl (C=O) groups is 3. The van der Waals surface area contributed by atoms with Crippen LogP contribution in [0.4, 0.5) is 0 Å². The maximum atomic E-state index is 11.9. The molecule has 248 valence electrons. The summed E-state index contributed by atoms with van der Waals surface area (Å²) in [5, 5.41) is 16.3. The van der Waals surface area contributed by atoms with Crippen LogP contribution in [0.25, 0.3) is 0 Å². The van der Waals surface area contributed by atoms with Crippen LogP contribution in [0.2, 0.25) is 0 Å². The minimum atomic E-state index is -4.30. The number of unbranched alkanes of at least 4 members (excludes halogenated alkanes) is 1. The Hall–Kier alpha value is -1.95. The molecule has 9 atom stereocenters. The van der Waals surface area contributed by atoms with Crippen LogP contribution in [0.5, 0.6) is 0 Å². The lowest BCUT2D eigenvalue weighted by Gasteiger charge is -2.39. The van der Waals surface area contributed by atoms with Gasteiger partial charge in [0.2, 0.25) is 0 Å². The highest BCUT2D eigenvalue weighted by molar-refractivity contribution is 7.80. The molecule has 0 bridgehead atoms. The lowest BCUT2D eigenvalue weighted by atomic mass is 10.0. The zero-order chi connectivity index (χ0) is 32.2. The number of thiocarbonyl (C=S) groups is 1. The molecule has 2 rings (SSSR count). The molecule has 0 aromatic rings. The first-order valence-corrected chi connectivity index (χ1v) is 15.7. The Morgan fingerprint density at radius 1 is 1.00 bits per heavy atom. The van der Waals surface area contributed by atoms with Gasteiger partial charge in [-0.15, -0.1) is 0 Å². The number of methoxy groups -OCH3 is 1. The lowest BCUT2D eigenvalue weighted by molar-refractivity contribution is -0.266. The quantitative estimate of drug-likeness (QED) is 0.0579. The molecule has 1 heterocycles. The van der Waals surface area contributed by atoms with Gasteiger partial charge in [0.05, 0.1) is 6.04 Å². The smallest absolute Gasteiger partial charge is 0.463 e. The van der Waals surface area contributed by atoms with Crippen molar-refractivity contribution >= 4 is 43.1 Å². The van der Waals surface area contributed by atoms with Crippen molar-refractivity contribution in [2.45, 2.75) is 89.3 Å². The van der Waals surface area contributed by atoms with Crippen LogP contribution in [0.3, 0.4) is 0 Å². The van der Waals surface area contributed by atoms with Gasteiger partial charge < -0.3 is 49.1 Å². The van der Waals surface area contributed by atoms with Crippen molar-refractivity contribution in [3.05, 3.63) is 0 Å². The molecule has 0 aromatic heterocycles. The molecule has 43 heavy (non-hydrogen) atoms. The summed E-state index contributed by atoms with van der Waals surface area (Å²) in [6.45, 7) is 3.94. The lowest BCUT2D eigenvalue weighted by Crippen LogP contribution is -2.54. The van der Waals surface area contributed by atoms with E-state index in [1.807, 2.05) is 0 Å². The van der Waals surface area contributed by atoms with Gasteiger partial charge >= 0.3 is 25.7 Å². The third-order valence-corrected chi connectivity index (χ3v) is 8.00. The van der Waals surface area contributed by atoms with Crippen LogP contribution in [0, 0.1) is 5.92 Å².